The van der Waals surface area contributed by atoms with E-state index >= 15 is 0 Å². The van der Waals surface area contributed by atoms with Crippen LogP contribution in [0.25, 0.3) is 0 Å². The van der Waals surface area contributed by atoms with Crippen LogP contribution in [0.15, 0.2) is 48.5 Å². The molecule has 8 heteroatoms. The van der Waals surface area contributed by atoms with Gasteiger partial charge in [0.2, 0.25) is 5.91 Å². The van der Waals surface area contributed by atoms with Gasteiger partial charge in [-0.25, -0.2) is 0 Å². The highest BCUT2D eigenvalue weighted by atomic mass is 19.3. The van der Waals surface area contributed by atoms with Crippen molar-refractivity contribution in [1.82, 2.24) is 4.90 Å². The fourth-order valence-electron chi connectivity index (χ4n) is 2.19. The summed E-state index contributed by atoms with van der Waals surface area (Å²) >= 11 is 0. The molecule has 0 unspecified atom stereocenters. The number of benzene rings is 2. The van der Waals surface area contributed by atoms with Gasteiger partial charge in [-0.1, -0.05) is 6.07 Å². The Morgan fingerprint density at radius 3 is 2.42 bits per heavy atom. The highest BCUT2D eigenvalue weighted by molar-refractivity contribution is 5.99. The van der Waals surface area contributed by atoms with E-state index in [9.17, 15) is 18.4 Å². The van der Waals surface area contributed by atoms with Gasteiger partial charge in [0.15, 0.2) is 0 Å². The van der Waals surface area contributed by atoms with Gasteiger partial charge in [-0.05, 0) is 42.5 Å². The Kier molecular flexibility index (Phi) is 6.48. The van der Waals surface area contributed by atoms with E-state index in [1.807, 2.05) is 0 Å². The van der Waals surface area contributed by atoms with E-state index in [0.717, 1.165) is 0 Å². The van der Waals surface area contributed by atoms with E-state index in [4.69, 9.17) is 4.74 Å². The zero-order valence-electron chi connectivity index (χ0n) is 14.2. The average Bonchev–Trinajstić information content (AvgIpc) is 2.61. The fraction of sp³-hybridized carbons (Fsp3) is 0.222. The van der Waals surface area contributed by atoms with Crippen molar-refractivity contribution >= 4 is 17.5 Å². The van der Waals surface area contributed by atoms with E-state index in [-0.39, 0.29) is 17.9 Å². The highest BCUT2D eigenvalue weighted by Gasteiger charge is 2.16. The molecule has 0 spiro atoms. The maximum Gasteiger partial charge on any atom is 0.387 e. The summed E-state index contributed by atoms with van der Waals surface area (Å²) in [7, 11) is 2.98. The maximum absolute atomic E-state index is 12.3. The van der Waals surface area contributed by atoms with Crippen molar-refractivity contribution in [2.45, 2.75) is 6.61 Å². The lowest BCUT2D eigenvalue weighted by Gasteiger charge is -2.17. The van der Waals surface area contributed by atoms with Gasteiger partial charge in [0, 0.05) is 18.3 Å². The second kappa shape index (κ2) is 8.80. The van der Waals surface area contributed by atoms with Crippen molar-refractivity contribution < 1.29 is 27.8 Å². The van der Waals surface area contributed by atoms with Crippen LogP contribution in [0, 0.1) is 0 Å². The quantitative estimate of drug-likeness (QED) is 0.820. The van der Waals surface area contributed by atoms with Crippen molar-refractivity contribution in [2.75, 3.05) is 26.0 Å². The molecule has 0 atom stereocenters. The highest BCUT2D eigenvalue weighted by Crippen LogP contribution is 2.17. The summed E-state index contributed by atoms with van der Waals surface area (Å²) in [4.78, 5) is 25.6. The summed E-state index contributed by atoms with van der Waals surface area (Å²) in [5.74, 6) is -0.358. The molecule has 2 amide bonds. The summed E-state index contributed by atoms with van der Waals surface area (Å²) < 4.78 is 33.8. The number of ether oxygens (including phenoxy) is 2. The minimum Gasteiger partial charge on any atom is -0.497 e. The van der Waals surface area contributed by atoms with Crippen molar-refractivity contribution in [1.29, 1.82) is 0 Å². The van der Waals surface area contributed by atoms with Crippen molar-refractivity contribution in [3.8, 4) is 11.5 Å². The van der Waals surface area contributed by atoms with E-state index in [1.54, 1.807) is 24.3 Å². The van der Waals surface area contributed by atoms with E-state index in [0.29, 0.717) is 11.4 Å². The molecule has 1 N–H and O–H groups in total. The predicted molar refractivity (Wildman–Crippen MR) is 91.7 cm³/mol. The zero-order valence-corrected chi connectivity index (χ0v) is 14.2. The van der Waals surface area contributed by atoms with Gasteiger partial charge in [-0.3, -0.25) is 9.59 Å². The summed E-state index contributed by atoms with van der Waals surface area (Å²) in [6.07, 6.45) is 0. The molecule has 2 aromatic carbocycles. The Hall–Kier alpha value is -3.16. The first-order valence-corrected chi connectivity index (χ1v) is 7.63. The van der Waals surface area contributed by atoms with Crippen molar-refractivity contribution in [3.63, 3.8) is 0 Å². The number of likely N-dealkylation sites (N-methyl/N-ethyl adjacent to an activating group) is 1. The van der Waals surface area contributed by atoms with Gasteiger partial charge in [0.05, 0.1) is 13.7 Å². The second-order valence-electron chi connectivity index (χ2n) is 5.34. The molecule has 0 aliphatic rings. The Bertz CT molecular complexity index is 766. The molecule has 0 radical (unpaired) electrons. The molecule has 0 fully saturated rings. The lowest BCUT2D eigenvalue weighted by atomic mass is 10.2. The molecule has 26 heavy (non-hydrogen) atoms. The third-order valence-corrected chi connectivity index (χ3v) is 3.41. The number of carbonyl (C=O) groups is 2. The van der Waals surface area contributed by atoms with E-state index in [1.165, 1.54) is 43.3 Å². The van der Waals surface area contributed by atoms with Gasteiger partial charge in [0.25, 0.3) is 5.91 Å². The number of amides is 2. The van der Waals surface area contributed by atoms with Crippen LogP contribution >= 0.6 is 0 Å². The molecule has 0 saturated heterocycles. The molecule has 138 valence electrons. The Balaban J connectivity index is 1.96. The zero-order chi connectivity index (χ0) is 19.1. The number of carbonyl (C=O) groups excluding carboxylic acids is 2. The number of methoxy groups -OCH3 is 1. The molecule has 0 heterocycles. The van der Waals surface area contributed by atoms with Crippen molar-refractivity contribution in [2.24, 2.45) is 0 Å². The first kappa shape index (κ1) is 19.2. The van der Waals surface area contributed by atoms with E-state index < -0.39 is 18.4 Å². The van der Waals surface area contributed by atoms with Crippen LogP contribution in [0.1, 0.15) is 10.4 Å². The topological polar surface area (TPSA) is 67.9 Å². The number of halogens is 2. The SMILES string of the molecule is COc1ccc(NC(=O)CN(C)C(=O)c2cccc(OC(F)F)c2)cc1. The standard InChI is InChI=1S/C18H18F2N2O4/c1-22(11-16(23)21-13-6-8-14(25-2)9-7-13)17(24)12-4-3-5-15(10-12)26-18(19)20/h3-10,18H,11H2,1-2H3,(H,21,23). The third-order valence-electron chi connectivity index (χ3n) is 3.41. The van der Waals surface area contributed by atoms with E-state index in [2.05, 4.69) is 10.1 Å². The van der Waals surface area contributed by atoms with Gasteiger partial charge in [-0.2, -0.15) is 8.78 Å². The molecule has 0 aromatic heterocycles. The lowest BCUT2D eigenvalue weighted by molar-refractivity contribution is -0.116. The molecule has 2 rings (SSSR count). The summed E-state index contributed by atoms with van der Waals surface area (Å²) in [5.41, 5.74) is 0.701. The number of nitrogens with one attached hydrogen (secondary N) is 1. The van der Waals surface area contributed by atoms with Gasteiger partial charge in [-0.15, -0.1) is 0 Å². The molecule has 2 aromatic rings. The molecule has 0 bridgehead atoms. The monoisotopic (exact) mass is 364 g/mol. The number of hydrogen-bond acceptors (Lipinski definition) is 4. The van der Waals surface area contributed by atoms with Gasteiger partial charge in [0.1, 0.15) is 11.5 Å². The molecule has 0 aliphatic heterocycles. The largest absolute Gasteiger partial charge is 0.497 e. The van der Waals surface area contributed by atoms with Crippen LogP contribution in [-0.2, 0) is 4.79 Å². The van der Waals surface area contributed by atoms with Crippen LogP contribution in [0.2, 0.25) is 0 Å². The van der Waals surface area contributed by atoms with Gasteiger partial charge < -0.3 is 19.7 Å². The number of rotatable bonds is 7. The molecular formula is C18H18F2N2O4. The van der Waals surface area contributed by atoms with Crippen LogP contribution in [0.4, 0.5) is 14.5 Å². The van der Waals surface area contributed by atoms with Crippen LogP contribution in [0.3, 0.4) is 0 Å². The lowest BCUT2D eigenvalue weighted by Crippen LogP contribution is -2.34. The molecule has 6 nitrogen and oxygen atoms in total. The van der Waals surface area contributed by atoms with Gasteiger partial charge >= 0.3 is 6.61 Å². The fourth-order valence-corrected chi connectivity index (χ4v) is 2.19. The Labute approximate surface area is 149 Å². The minimum atomic E-state index is -2.98. The summed E-state index contributed by atoms with van der Waals surface area (Å²) in [6.45, 7) is -3.18. The molecule has 0 saturated carbocycles. The number of hydrogen-bond donors (Lipinski definition) is 1. The van der Waals surface area contributed by atoms with Crippen molar-refractivity contribution in [3.05, 3.63) is 54.1 Å². The van der Waals surface area contributed by atoms with Crippen LogP contribution in [-0.4, -0.2) is 44.0 Å². The third kappa shape index (κ3) is 5.44. The summed E-state index contributed by atoms with van der Waals surface area (Å²) in [5, 5.41) is 2.66. The predicted octanol–water partition coefficient (Wildman–Crippen LogP) is 3.01. The normalized spacial score (nSPS) is 10.3. The number of nitrogens with zero attached hydrogens (tertiary/aromatic N) is 1. The Morgan fingerprint density at radius 1 is 1.12 bits per heavy atom. The first-order valence-electron chi connectivity index (χ1n) is 7.63. The van der Waals surface area contributed by atoms with Crippen LogP contribution in [0.5, 0.6) is 11.5 Å². The minimum absolute atomic E-state index is 0.123. The smallest absolute Gasteiger partial charge is 0.387 e. The molecular weight excluding hydrogens is 346 g/mol. The second-order valence-corrected chi connectivity index (χ2v) is 5.34. The maximum atomic E-state index is 12.3. The molecule has 0 aliphatic carbocycles. The van der Waals surface area contributed by atoms with Crippen LogP contribution < -0.4 is 14.8 Å². The average molecular weight is 364 g/mol. The number of alkyl halides is 2. The summed E-state index contributed by atoms with van der Waals surface area (Å²) in [6, 6.07) is 12.1. The first-order chi connectivity index (χ1) is 12.4. The number of anilines is 1. The Morgan fingerprint density at radius 2 is 1.81 bits per heavy atom.